The first-order valence-corrected chi connectivity index (χ1v) is 6.44. The maximum atomic E-state index is 12.1. The number of carbonyl (C=O) groups excluding carboxylic acids is 1. The number of amides is 1. The molecule has 0 spiro atoms. The Hall–Kier alpha value is -1.88. The van der Waals surface area contributed by atoms with Crippen molar-refractivity contribution < 1.29 is 13.6 Å². The summed E-state index contributed by atoms with van der Waals surface area (Å²) in [5.41, 5.74) is 1.13. The Labute approximate surface area is 113 Å². The zero-order valence-electron chi connectivity index (χ0n) is 9.85. The summed E-state index contributed by atoms with van der Waals surface area (Å²) in [6.45, 7) is 0. The minimum atomic E-state index is -2.44. The molecule has 0 saturated carbocycles. The molecule has 0 heterocycles. The quantitative estimate of drug-likeness (QED) is 0.847. The van der Waals surface area contributed by atoms with Crippen LogP contribution in [0.5, 0.6) is 0 Å². The number of hydrogen-bond donors (Lipinski definition) is 1. The third-order valence-electron chi connectivity index (χ3n) is 2.37. The van der Waals surface area contributed by atoms with Crippen LogP contribution in [0.2, 0.25) is 0 Å². The van der Waals surface area contributed by atoms with Crippen LogP contribution < -0.4 is 5.32 Å². The lowest BCUT2D eigenvalue weighted by Gasteiger charge is -2.06. The minimum absolute atomic E-state index is 0.227. The predicted molar refractivity (Wildman–Crippen MR) is 72.7 cm³/mol. The summed E-state index contributed by atoms with van der Waals surface area (Å²) < 4.78 is 24.3. The number of halogens is 2. The molecule has 2 aromatic carbocycles. The highest BCUT2D eigenvalue weighted by Gasteiger charge is 2.07. The van der Waals surface area contributed by atoms with Crippen LogP contribution in [-0.4, -0.2) is 11.7 Å². The van der Waals surface area contributed by atoms with Gasteiger partial charge in [0, 0.05) is 16.1 Å². The summed E-state index contributed by atoms with van der Waals surface area (Å²) in [6, 6.07) is 15.1. The second-order valence-corrected chi connectivity index (χ2v) is 4.79. The first kappa shape index (κ1) is 13.5. The van der Waals surface area contributed by atoms with Crippen molar-refractivity contribution in [2.75, 3.05) is 5.32 Å². The van der Waals surface area contributed by atoms with Gasteiger partial charge in [0.1, 0.15) is 0 Å². The first-order valence-electron chi connectivity index (χ1n) is 5.56. The van der Waals surface area contributed by atoms with E-state index in [9.17, 15) is 13.6 Å². The Morgan fingerprint density at radius 2 is 1.63 bits per heavy atom. The van der Waals surface area contributed by atoms with Gasteiger partial charge in [-0.2, -0.15) is 8.78 Å². The second kappa shape index (κ2) is 6.33. The highest BCUT2D eigenvalue weighted by molar-refractivity contribution is 7.99. The summed E-state index contributed by atoms with van der Waals surface area (Å²) >= 11 is 0.476. The molecule has 0 aromatic heterocycles. The van der Waals surface area contributed by atoms with Gasteiger partial charge in [0.15, 0.2) is 0 Å². The summed E-state index contributed by atoms with van der Waals surface area (Å²) in [4.78, 5) is 12.3. The van der Waals surface area contributed by atoms with Gasteiger partial charge in [-0.05, 0) is 36.4 Å². The van der Waals surface area contributed by atoms with Crippen molar-refractivity contribution >= 4 is 23.4 Å². The molecule has 2 nitrogen and oxygen atoms in total. The number of hydrogen-bond acceptors (Lipinski definition) is 2. The molecule has 2 rings (SSSR count). The summed E-state index contributed by atoms with van der Waals surface area (Å²) in [5, 5.41) is 2.70. The highest BCUT2D eigenvalue weighted by atomic mass is 32.2. The van der Waals surface area contributed by atoms with Crippen molar-refractivity contribution in [1.82, 2.24) is 0 Å². The van der Waals surface area contributed by atoms with Gasteiger partial charge in [-0.15, -0.1) is 0 Å². The van der Waals surface area contributed by atoms with Crippen LogP contribution in [0.25, 0.3) is 0 Å². The second-order valence-electron chi connectivity index (χ2n) is 3.72. The zero-order valence-corrected chi connectivity index (χ0v) is 10.7. The standard InChI is InChI=1S/C14H11F2NOS/c15-14(16)19-12-8-6-11(7-9-12)17-13(18)10-4-2-1-3-5-10/h1-9,14H,(H,17,18). The molecule has 0 saturated heterocycles. The van der Waals surface area contributed by atoms with E-state index in [-0.39, 0.29) is 5.91 Å². The van der Waals surface area contributed by atoms with Crippen molar-refractivity contribution in [2.24, 2.45) is 0 Å². The van der Waals surface area contributed by atoms with Crippen molar-refractivity contribution in [1.29, 1.82) is 0 Å². The maximum Gasteiger partial charge on any atom is 0.288 e. The van der Waals surface area contributed by atoms with E-state index in [2.05, 4.69) is 5.32 Å². The van der Waals surface area contributed by atoms with Crippen LogP contribution in [0.15, 0.2) is 59.5 Å². The van der Waals surface area contributed by atoms with E-state index in [1.807, 2.05) is 6.07 Å². The third kappa shape index (κ3) is 4.06. The Kier molecular flexibility index (Phi) is 4.52. The van der Waals surface area contributed by atoms with E-state index >= 15 is 0 Å². The SMILES string of the molecule is O=C(Nc1ccc(SC(F)F)cc1)c1ccccc1. The van der Waals surface area contributed by atoms with E-state index < -0.39 is 5.76 Å². The minimum Gasteiger partial charge on any atom is -0.322 e. The summed E-state index contributed by atoms with van der Waals surface area (Å²) in [7, 11) is 0. The zero-order chi connectivity index (χ0) is 13.7. The lowest BCUT2D eigenvalue weighted by Crippen LogP contribution is -2.11. The predicted octanol–water partition coefficient (Wildman–Crippen LogP) is 4.25. The Morgan fingerprint density at radius 3 is 2.21 bits per heavy atom. The fraction of sp³-hybridized carbons (Fsp3) is 0.0714. The smallest absolute Gasteiger partial charge is 0.288 e. The fourth-order valence-corrected chi connectivity index (χ4v) is 2.01. The largest absolute Gasteiger partial charge is 0.322 e. The molecule has 0 aliphatic carbocycles. The molecule has 0 aliphatic heterocycles. The number of rotatable bonds is 4. The van der Waals surface area contributed by atoms with E-state index in [1.165, 1.54) is 0 Å². The monoisotopic (exact) mass is 279 g/mol. The van der Waals surface area contributed by atoms with Crippen LogP contribution in [0.3, 0.4) is 0 Å². The first-order chi connectivity index (χ1) is 9.15. The van der Waals surface area contributed by atoms with Crippen LogP contribution in [-0.2, 0) is 0 Å². The van der Waals surface area contributed by atoms with Crippen molar-refractivity contribution in [3.8, 4) is 0 Å². The number of carbonyl (C=O) groups is 1. The number of benzene rings is 2. The van der Waals surface area contributed by atoms with E-state index in [1.54, 1.807) is 48.5 Å². The Balaban J connectivity index is 2.02. The molecule has 0 bridgehead atoms. The molecule has 0 fully saturated rings. The van der Waals surface area contributed by atoms with Gasteiger partial charge in [-0.25, -0.2) is 0 Å². The third-order valence-corrected chi connectivity index (χ3v) is 3.10. The Morgan fingerprint density at radius 1 is 1.00 bits per heavy atom. The molecule has 19 heavy (non-hydrogen) atoms. The number of thioether (sulfide) groups is 1. The van der Waals surface area contributed by atoms with Crippen molar-refractivity contribution in [2.45, 2.75) is 10.7 Å². The Bertz CT molecular complexity index is 543. The van der Waals surface area contributed by atoms with E-state index in [4.69, 9.17) is 0 Å². The van der Waals surface area contributed by atoms with Gasteiger partial charge in [0.05, 0.1) is 0 Å². The van der Waals surface area contributed by atoms with Gasteiger partial charge in [0.2, 0.25) is 0 Å². The molecule has 1 amide bonds. The molecule has 0 aliphatic rings. The molecule has 5 heteroatoms. The van der Waals surface area contributed by atoms with Gasteiger partial charge < -0.3 is 5.32 Å². The van der Waals surface area contributed by atoms with Crippen molar-refractivity contribution in [3.05, 3.63) is 60.2 Å². The molecule has 2 aromatic rings. The lowest BCUT2D eigenvalue weighted by atomic mass is 10.2. The molecule has 1 N–H and O–H groups in total. The van der Waals surface area contributed by atoms with Gasteiger partial charge >= 0.3 is 0 Å². The molecule has 0 radical (unpaired) electrons. The van der Waals surface area contributed by atoms with Crippen LogP contribution in [0.1, 0.15) is 10.4 Å². The molecular formula is C14H11F2NOS. The van der Waals surface area contributed by atoms with Gasteiger partial charge in [-0.1, -0.05) is 30.0 Å². The topological polar surface area (TPSA) is 29.1 Å². The normalized spacial score (nSPS) is 10.5. The lowest BCUT2D eigenvalue weighted by molar-refractivity contribution is 0.102. The van der Waals surface area contributed by atoms with Gasteiger partial charge in [-0.3, -0.25) is 4.79 Å². The van der Waals surface area contributed by atoms with E-state index in [0.29, 0.717) is 27.9 Å². The molecule has 0 unspecified atom stereocenters. The number of alkyl halides is 2. The van der Waals surface area contributed by atoms with Gasteiger partial charge in [0.25, 0.3) is 11.7 Å². The van der Waals surface area contributed by atoms with E-state index in [0.717, 1.165) is 0 Å². The number of nitrogens with one attached hydrogen (secondary N) is 1. The molecule has 98 valence electrons. The molecular weight excluding hydrogens is 268 g/mol. The molecule has 0 atom stereocenters. The maximum absolute atomic E-state index is 12.1. The fourth-order valence-electron chi connectivity index (χ4n) is 1.51. The average Bonchev–Trinajstić information content (AvgIpc) is 2.41. The average molecular weight is 279 g/mol. The highest BCUT2D eigenvalue weighted by Crippen LogP contribution is 2.26. The number of anilines is 1. The summed E-state index contributed by atoms with van der Waals surface area (Å²) in [6.07, 6.45) is 0. The van der Waals surface area contributed by atoms with Crippen molar-refractivity contribution in [3.63, 3.8) is 0 Å². The summed E-state index contributed by atoms with van der Waals surface area (Å²) in [5.74, 6) is -2.67. The van der Waals surface area contributed by atoms with Crippen LogP contribution >= 0.6 is 11.8 Å². The van der Waals surface area contributed by atoms with Crippen LogP contribution in [0.4, 0.5) is 14.5 Å². The van der Waals surface area contributed by atoms with Crippen LogP contribution in [0, 0.1) is 0 Å².